The number of aliphatic hydroxyl groups is 1. The van der Waals surface area contributed by atoms with Crippen molar-refractivity contribution >= 4 is 11.9 Å². The molecule has 110 valence electrons. The van der Waals surface area contributed by atoms with Crippen molar-refractivity contribution in [2.75, 3.05) is 19.7 Å². The van der Waals surface area contributed by atoms with Gasteiger partial charge in [-0.05, 0) is 11.6 Å². The highest BCUT2D eigenvalue weighted by molar-refractivity contribution is 5.91. The second kappa shape index (κ2) is 7.54. The maximum Gasteiger partial charge on any atom is 0.335 e. The molecule has 0 atom stereocenters. The topological polar surface area (TPSA) is 77.8 Å². The number of hydrogen-bond donors (Lipinski definition) is 2. The van der Waals surface area contributed by atoms with Gasteiger partial charge in [-0.1, -0.05) is 18.2 Å². The first-order valence-electron chi connectivity index (χ1n) is 5.93. The molecule has 0 fully saturated rings. The van der Waals surface area contributed by atoms with E-state index < -0.39 is 31.5 Å². The van der Waals surface area contributed by atoms with Crippen molar-refractivity contribution in [1.29, 1.82) is 0 Å². The Hall–Kier alpha value is -2.02. The summed E-state index contributed by atoms with van der Waals surface area (Å²) >= 11 is 0. The van der Waals surface area contributed by atoms with E-state index in [9.17, 15) is 18.4 Å². The van der Waals surface area contributed by atoms with E-state index in [0.717, 1.165) is 4.90 Å². The number of carboxylic acid groups (broad SMARTS) is 1. The number of alkyl halides is 2. The summed E-state index contributed by atoms with van der Waals surface area (Å²) in [6, 6.07) is 5.88. The van der Waals surface area contributed by atoms with Gasteiger partial charge in [-0.2, -0.15) is 0 Å². The van der Waals surface area contributed by atoms with Crippen LogP contribution in [0.5, 0.6) is 0 Å². The third kappa shape index (κ3) is 4.58. The number of aliphatic hydroxyl groups excluding tert-OH is 1. The molecular weight excluding hydrogens is 272 g/mol. The first-order valence-corrected chi connectivity index (χ1v) is 5.93. The summed E-state index contributed by atoms with van der Waals surface area (Å²) in [4.78, 5) is 23.7. The fourth-order valence-electron chi connectivity index (χ4n) is 1.76. The summed E-state index contributed by atoms with van der Waals surface area (Å²) in [5.41, 5.74) is 0.212. The zero-order valence-electron chi connectivity index (χ0n) is 10.6. The lowest BCUT2D eigenvalue weighted by molar-refractivity contribution is -0.133. The second-order valence-corrected chi connectivity index (χ2v) is 4.09. The van der Waals surface area contributed by atoms with E-state index in [1.165, 1.54) is 18.2 Å². The Morgan fingerprint density at radius 1 is 1.25 bits per heavy atom. The molecule has 0 aliphatic rings. The molecule has 7 heteroatoms. The predicted octanol–water partition coefficient (Wildman–Crippen LogP) is 1.01. The minimum Gasteiger partial charge on any atom is -0.478 e. The van der Waals surface area contributed by atoms with Gasteiger partial charge in [0.2, 0.25) is 5.91 Å². The van der Waals surface area contributed by atoms with Gasteiger partial charge in [0.05, 0.1) is 25.1 Å². The SMILES string of the molecule is O=C(O)c1ccccc1CC(=O)N(CCO)CC(F)F. The Morgan fingerprint density at radius 2 is 1.90 bits per heavy atom. The monoisotopic (exact) mass is 287 g/mol. The Morgan fingerprint density at radius 3 is 2.45 bits per heavy atom. The minimum absolute atomic E-state index is 0.0400. The van der Waals surface area contributed by atoms with Crippen LogP contribution in [0.25, 0.3) is 0 Å². The second-order valence-electron chi connectivity index (χ2n) is 4.09. The molecule has 1 aromatic rings. The number of rotatable bonds is 7. The molecule has 0 radical (unpaired) electrons. The van der Waals surface area contributed by atoms with Crippen molar-refractivity contribution in [2.45, 2.75) is 12.8 Å². The van der Waals surface area contributed by atoms with Crippen LogP contribution in [0.4, 0.5) is 8.78 Å². The molecule has 0 saturated heterocycles. The van der Waals surface area contributed by atoms with Crippen molar-refractivity contribution in [3.63, 3.8) is 0 Å². The van der Waals surface area contributed by atoms with Crippen LogP contribution in [0.2, 0.25) is 0 Å². The molecule has 0 aliphatic heterocycles. The van der Waals surface area contributed by atoms with Gasteiger partial charge in [0, 0.05) is 6.54 Å². The number of carbonyl (C=O) groups is 2. The normalized spacial score (nSPS) is 10.6. The number of amides is 1. The number of carboxylic acids is 1. The van der Waals surface area contributed by atoms with Crippen molar-refractivity contribution in [3.05, 3.63) is 35.4 Å². The van der Waals surface area contributed by atoms with E-state index in [1.54, 1.807) is 6.07 Å². The van der Waals surface area contributed by atoms with Crippen LogP contribution in [0.15, 0.2) is 24.3 Å². The zero-order chi connectivity index (χ0) is 15.1. The molecule has 0 saturated carbocycles. The molecule has 1 amide bonds. The number of nitrogens with zero attached hydrogens (tertiary/aromatic N) is 1. The van der Waals surface area contributed by atoms with Gasteiger partial charge in [-0.3, -0.25) is 4.79 Å². The fourth-order valence-corrected chi connectivity index (χ4v) is 1.76. The molecule has 0 aromatic heterocycles. The minimum atomic E-state index is -2.71. The first kappa shape index (κ1) is 16.0. The Kier molecular flexibility index (Phi) is 6.05. The molecule has 0 spiro atoms. The van der Waals surface area contributed by atoms with Gasteiger partial charge in [0.1, 0.15) is 0 Å². The summed E-state index contributed by atoms with van der Waals surface area (Å²) in [5, 5.41) is 17.8. The molecule has 0 heterocycles. The van der Waals surface area contributed by atoms with Gasteiger partial charge < -0.3 is 15.1 Å². The highest BCUT2D eigenvalue weighted by atomic mass is 19.3. The quantitative estimate of drug-likeness (QED) is 0.784. The van der Waals surface area contributed by atoms with Crippen LogP contribution in [-0.4, -0.2) is 53.1 Å². The van der Waals surface area contributed by atoms with Crippen molar-refractivity contribution in [3.8, 4) is 0 Å². The van der Waals surface area contributed by atoms with E-state index in [-0.39, 0.29) is 24.1 Å². The van der Waals surface area contributed by atoms with Crippen LogP contribution in [0, 0.1) is 0 Å². The van der Waals surface area contributed by atoms with E-state index in [2.05, 4.69) is 0 Å². The van der Waals surface area contributed by atoms with Crippen LogP contribution < -0.4 is 0 Å². The summed E-state index contributed by atoms with van der Waals surface area (Å²) in [6.45, 7) is -1.42. The smallest absolute Gasteiger partial charge is 0.335 e. The zero-order valence-corrected chi connectivity index (χ0v) is 10.6. The van der Waals surface area contributed by atoms with E-state index in [0.29, 0.717) is 0 Å². The maximum atomic E-state index is 12.3. The summed E-state index contributed by atoms with van der Waals surface area (Å²) in [6.07, 6.45) is -3.00. The number of aromatic carboxylic acids is 1. The van der Waals surface area contributed by atoms with Gasteiger partial charge in [0.15, 0.2) is 0 Å². The molecule has 1 rings (SSSR count). The van der Waals surface area contributed by atoms with E-state index >= 15 is 0 Å². The summed E-state index contributed by atoms with van der Waals surface area (Å²) in [7, 11) is 0. The van der Waals surface area contributed by atoms with E-state index in [4.69, 9.17) is 10.2 Å². The van der Waals surface area contributed by atoms with Crippen molar-refractivity contribution in [1.82, 2.24) is 4.90 Å². The fraction of sp³-hybridized carbons (Fsp3) is 0.385. The number of hydrogen-bond acceptors (Lipinski definition) is 3. The average Bonchev–Trinajstić information content (AvgIpc) is 2.38. The van der Waals surface area contributed by atoms with Gasteiger partial charge in [-0.15, -0.1) is 0 Å². The van der Waals surface area contributed by atoms with Gasteiger partial charge in [0.25, 0.3) is 6.43 Å². The summed E-state index contributed by atoms with van der Waals surface area (Å²) in [5.74, 6) is -1.83. The number of halogens is 2. The lowest BCUT2D eigenvalue weighted by Crippen LogP contribution is -2.38. The Labute approximate surface area is 114 Å². The molecule has 0 aliphatic carbocycles. The van der Waals surface area contributed by atoms with E-state index in [1.807, 2.05) is 0 Å². The van der Waals surface area contributed by atoms with Crippen LogP contribution in [-0.2, 0) is 11.2 Å². The van der Waals surface area contributed by atoms with Crippen LogP contribution in [0.1, 0.15) is 15.9 Å². The molecule has 20 heavy (non-hydrogen) atoms. The maximum absolute atomic E-state index is 12.3. The molecule has 5 nitrogen and oxygen atoms in total. The average molecular weight is 287 g/mol. The summed E-state index contributed by atoms with van der Waals surface area (Å²) < 4.78 is 24.7. The number of benzene rings is 1. The predicted molar refractivity (Wildman–Crippen MR) is 66.8 cm³/mol. The Balaban J connectivity index is 2.85. The van der Waals surface area contributed by atoms with Crippen LogP contribution >= 0.6 is 0 Å². The molecular formula is C13H15F2NO4. The highest BCUT2D eigenvalue weighted by Crippen LogP contribution is 2.11. The lowest BCUT2D eigenvalue weighted by atomic mass is 10.0. The number of carbonyl (C=O) groups excluding carboxylic acids is 1. The third-order valence-corrected chi connectivity index (χ3v) is 2.67. The van der Waals surface area contributed by atoms with Crippen molar-refractivity contribution in [2.24, 2.45) is 0 Å². The molecule has 2 N–H and O–H groups in total. The Bertz CT molecular complexity index is 479. The third-order valence-electron chi connectivity index (χ3n) is 2.67. The van der Waals surface area contributed by atoms with Crippen LogP contribution in [0.3, 0.4) is 0 Å². The van der Waals surface area contributed by atoms with Gasteiger partial charge in [-0.25, -0.2) is 13.6 Å². The highest BCUT2D eigenvalue weighted by Gasteiger charge is 2.20. The lowest BCUT2D eigenvalue weighted by Gasteiger charge is -2.21. The standard InChI is InChI=1S/C13H15F2NO4/c14-11(15)8-16(5-6-17)12(18)7-9-3-1-2-4-10(9)13(19)20/h1-4,11,17H,5-8H2,(H,19,20). The van der Waals surface area contributed by atoms with Gasteiger partial charge >= 0.3 is 5.97 Å². The van der Waals surface area contributed by atoms with Crippen molar-refractivity contribution < 1.29 is 28.6 Å². The largest absolute Gasteiger partial charge is 0.478 e. The molecule has 1 aromatic carbocycles. The first-order chi connectivity index (χ1) is 9.45. The molecule has 0 bridgehead atoms. The molecule has 0 unspecified atom stereocenters.